The third-order valence-electron chi connectivity index (χ3n) is 11.4. The van der Waals surface area contributed by atoms with Gasteiger partial charge in [-0.05, 0) is 61.2 Å². The van der Waals surface area contributed by atoms with Gasteiger partial charge in [0.05, 0.1) is 30.3 Å². The quantitative estimate of drug-likeness (QED) is 0.0380. The highest BCUT2D eigenvalue weighted by atomic mass is 32.2. The number of unbranched alkanes of at least 4 members (excludes halogenated alkanes) is 2. The first-order valence-electron chi connectivity index (χ1n) is 21.4. The molecule has 6 rings (SSSR count). The highest BCUT2D eigenvalue weighted by molar-refractivity contribution is 7.85. The number of hydrogen-bond donors (Lipinski definition) is 4. The standard InChI is InChI=1S/C42H52N5O19P3S/c1-4-46-33-19-18-29(70(60,61)62)24-31(33)42(2,3)35(46)16-10-12-27-20-23-45(32-15-8-7-14-30(27)32)22-9-5-6-17-36(48)43-21-11-13-28-25-47(41(52)44-39(28)51)40-38(50)37(49)34(64-40)26-63-68(56,57)66-69(58,59)65-67(53,54)55/h7-8,10-16,18-20,23-25,34,37-38,40,49-50H,4-6,9,17,21-22,26H2,1-3H3,(H6-,43,44,48,51,52,53,54,55,56,57,58,59,60,61,62)/p-4/b13-11+. The molecule has 2 aromatic carbocycles. The summed E-state index contributed by atoms with van der Waals surface area (Å²) >= 11 is 0. The number of anilines is 1. The van der Waals surface area contributed by atoms with Gasteiger partial charge in [0, 0.05) is 61.1 Å². The van der Waals surface area contributed by atoms with Crippen molar-refractivity contribution in [2.75, 3.05) is 24.6 Å². The molecule has 0 spiro atoms. The molecule has 6 atom stereocenters. The number of aryl methyl sites for hydroxylation is 1. The molecular formula is C42H48N5O19P3S-4. The van der Waals surface area contributed by atoms with Crippen molar-refractivity contribution in [1.82, 2.24) is 14.9 Å². The average molecular weight is 1050 g/mol. The van der Waals surface area contributed by atoms with Crippen LogP contribution in [0.25, 0.3) is 23.1 Å². The molecule has 4 aromatic rings. The lowest BCUT2D eigenvalue weighted by Gasteiger charge is -2.37. The third kappa shape index (κ3) is 13.4. The second-order valence-electron chi connectivity index (χ2n) is 16.5. The predicted octanol–water partition coefficient (Wildman–Crippen LogP) is 0.421. The molecular weight excluding hydrogens is 1000 g/mol. The van der Waals surface area contributed by atoms with Gasteiger partial charge in [0.25, 0.3) is 21.2 Å². The summed E-state index contributed by atoms with van der Waals surface area (Å²) in [7, 11) is -23.1. The summed E-state index contributed by atoms with van der Waals surface area (Å²) in [6.45, 7) is 6.05. The van der Waals surface area contributed by atoms with Crippen molar-refractivity contribution in [3.63, 3.8) is 0 Å². The van der Waals surface area contributed by atoms with E-state index in [1.165, 1.54) is 24.3 Å². The van der Waals surface area contributed by atoms with Crippen LogP contribution in [0.15, 0.2) is 99.3 Å². The number of aliphatic hydroxyl groups excluding tert-OH is 2. The van der Waals surface area contributed by atoms with Crippen LogP contribution in [-0.2, 0) is 58.4 Å². The Kier molecular flexibility index (Phi) is 17.1. The molecule has 4 N–H and O–H groups in total. The van der Waals surface area contributed by atoms with E-state index in [0.29, 0.717) is 24.1 Å². The number of H-pyrrole nitrogens is 1. The van der Waals surface area contributed by atoms with Crippen LogP contribution in [0.1, 0.15) is 69.4 Å². The van der Waals surface area contributed by atoms with Crippen molar-refractivity contribution < 1.29 is 83.7 Å². The minimum absolute atomic E-state index is 0.0181. The van der Waals surface area contributed by atoms with E-state index in [9.17, 15) is 70.8 Å². The van der Waals surface area contributed by atoms with Gasteiger partial charge in [0.15, 0.2) is 12.4 Å². The molecule has 2 aliphatic heterocycles. The summed E-state index contributed by atoms with van der Waals surface area (Å²) in [5.41, 5.74) is 1.85. The summed E-state index contributed by atoms with van der Waals surface area (Å²) in [4.78, 5) is 86.0. The normalized spacial score (nSPS) is 21.7. The summed E-state index contributed by atoms with van der Waals surface area (Å²) in [5, 5.41) is 24.7. The van der Waals surface area contributed by atoms with E-state index in [2.05, 4.69) is 27.9 Å². The largest absolute Gasteiger partial charge is 0.790 e. The number of aliphatic hydroxyl groups is 2. The van der Waals surface area contributed by atoms with Gasteiger partial charge in [0.2, 0.25) is 11.4 Å². The second kappa shape index (κ2) is 21.9. The Morgan fingerprint density at radius 1 is 0.971 bits per heavy atom. The van der Waals surface area contributed by atoms with E-state index in [1.807, 2.05) is 80.5 Å². The first-order valence-corrected chi connectivity index (χ1v) is 27.2. The van der Waals surface area contributed by atoms with Gasteiger partial charge >= 0.3 is 5.69 Å². The molecule has 28 heteroatoms. The number of ether oxygens (including phenoxy) is 1. The fraction of sp³-hybridized carbons (Fsp3) is 0.381. The van der Waals surface area contributed by atoms with Crippen molar-refractivity contribution >= 4 is 68.2 Å². The van der Waals surface area contributed by atoms with Crippen LogP contribution in [0.2, 0.25) is 0 Å². The number of likely N-dealkylation sites (N-methyl/N-ethyl adjacent to an activating group) is 1. The summed E-state index contributed by atoms with van der Waals surface area (Å²) < 4.78 is 88.1. The van der Waals surface area contributed by atoms with E-state index < -0.39 is 81.4 Å². The van der Waals surface area contributed by atoms with Gasteiger partial charge in [0.1, 0.15) is 35.0 Å². The van der Waals surface area contributed by atoms with E-state index in [4.69, 9.17) is 4.74 Å². The molecule has 2 aliphatic rings. The Hall–Kier alpha value is -4.78. The number of carbonyl (C=O) groups excluding carboxylic acids is 1. The average Bonchev–Trinajstić information content (AvgIpc) is 3.66. The molecule has 24 nitrogen and oxygen atoms in total. The number of aromatic nitrogens is 3. The van der Waals surface area contributed by atoms with E-state index >= 15 is 0 Å². The fourth-order valence-electron chi connectivity index (χ4n) is 8.09. The van der Waals surface area contributed by atoms with Crippen LogP contribution < -0.4 is 45.6 Å². The lowest BCUT2D eigenvalue weighted by Crippen LogP contribution is -2.38. The number of fused-ring (bicyclic) bond motifs is 2. The highest BCUT2D eigenvalue weighted by Crippen LogP contribution is 2.60. The molecule has 0 saturated carbocycles. The number of amides is 1. The first-order chi connectivity index (χ1) is 32.7. The van der Waals surface area contributed by atoms with Gasteiger partial charge < -0.3 is 58.4 Å². The molecule has 1 fully saturated rings. The lowest BCUT2D eigenvalue weighted by atomic mass is 9.83. The molecule has 1 saturated heterocycles. The summed E-state index contributed by atoms with van der Waals surface area (Å²) in [6.07, 6.45) is 6.45. The Bertz CT molecular complexity index is 3100. The molecule has 1 amide bonds. The molecule has 6 unspecified atom stereocenters. The van der Waals surface area contributed by atoms with Crippen molar-refractivity contribution in [3.8, 4) is 0 Å². The van der Waals surface area contributed by atoms with Crippen molar-refractivity contribution in [3.05, 3.63) is 122 Å². The van der Waals surface area contributed by atoms with Gasteiger partial charge in [-0.3, -0.25) is 32.6 Å². The number of phosphoric ester groups is 1. The Morgan fingerprint density at radius 3 is 2.40 bits per heavy atom. The monoisotopic (exact) mass is 1050 g/mol. The zero-order valence-electron chi connectivity index (χ0n) is 37.6. The number of rotatable bonds is 21. The number of para-hydroxylation sites is 1. The van der Waals surface area contributed by atoms with Crippen molar-refractivity contribution in [1.29, 1.82) is 0 Å². The van der Waals surface area contributed by atoms with Gasteiger partial charge in [-0.15, -0.1) is 0 Å². The smallest absolute Gasteiger partial charge is 0.330 e. The van der Waals surface area contributed by atoms with Crippen LogP contribution >= 0.6 is 23.5 Å². The predicted molar refractivity (Wildman–Crippen MR) is 240 cm³/mol. The zero-order valence-corrected chi connectivity index (χ0v) is 41.1. The number of phosphoric acid groups is 3. The number of carbonyl (C=O) groups is 1. The Labute approximate surface area is 400 Å². The Balaban J connectivity index is 0.979. The number of pyridine rings is 1. The Morgan fingerprint density at radius 2 is 1.70 bits per heavy atom. The summed E-state index contributed by atoms with van der Waals surface area (Å²) in [5.74, 6) is -0.265. The maximum absolute atomic E-state index is 12.6. The summed E-state index contributed by atoms with van der Waals surface area (Å²) in [6, 6.07) is 14.5. The van der Waals surface area contributed by atoms with Gasteiger partial charge in [-0.25, -0.2) is 17.5 Å². The number of aromatic amines is 1. The number of hydrogen-bond acceptors (Lipinski definition) is 20. The van der Waals surface area contributed by atoms with Crippen LogP contribution in [0.4, 0.5) is 5.69 Å². The topological polar surface area (TPSA) is 369 Å². The number of benzene rings is 2. The van der Waals surface area contributed by atoms with E-state index in [-0.39, 0.29) is 29.3 Å². The molecule has 70 heavy (non-hydrogen) atoms. The third-order valence-corrected chi connectivity index (χ3v) is 15.9. The van der Waals surface area contributed by atoms with Crippen molar-refractivity contribution in [2.45, 2.75) is 87.8 Å². The number of allylic oxidation sites excluding steroid dienone is 3. The van der Waals surface area contributed by atoms with Crippen LogP contribution in [0.5, 0.6) is 0 Å². The zero-order chi connectivity index (χ0) is 51.4. The maximum atomic E-state index is 12.6. The van der Waals surface area contributed by atoms with Crippen LogP contribution in [0.3, 0.4) is 0 Å². The molecule has 380 valence electrons. The molecule has 2 aromatic heterocycles. The van der Waals surface area contributed by atoms with E-state index in [1.54, 1.807) is 6.07 Å². The molecule has 0 bridgehead atoms. The van der Waals surface area contributed by atoms with Gasteiger partial charge in [-0.1, -0.05) is 50.3 Å². The molecule has 0 radical (unpaired) electrons. The number of nitrogens with one attached hydrogen (secondary N) is 2. The molecule has 4 heterocycles. The second-order valence-corrected chi connectivity index (χ2v) is 22.1. The van der Waals surface area contributed by atoms with E-state index in [0.717, 1.165) is 52.5 Å². The first kappa shape index (κ1) is 54.6. The lowest BCUT2D eigenvalue weighted by molar-refractivity contribution is -0.671. The number of nitrogens with zero attached hydrogens (tertiary/aromatic N) is 3. The molecule has 0 aliphatic carbocycles. The van der Waals surface area contributed by atoms with Crippen molar-refractivity contribution in [2.24, 2.45) is 0 Å². The highest BCUT2D eigenvalue weighted by Gasteiger charge is 2.45. The minimum atomic E-state index is -6.28. The van der Waals surface area contributed by atoms with Crippen LogP contribution in [0, 0.1) is 0 Å². The minimum Gasteiger partial charge on any atom is -0.790 e. The SMILES string of the molecule is CCN1C(=CC=Cc2cc[n+](CCCCCC(=O)NC/C=C/c3cn(C4OC(COP(=O)([O-])OP(=O)([O-])OP(=O)([O-])[O-])C(O)C4O)c(=O)[nH]c3=O)c3ccccc23)C(C)(C)c2cc(S(=O)(=O)[O-])ccc21. The van der Waals surface area contributed by atoms with Crippen LogP contribution in [-0.4, -0.2) is 76.7 Å². The van der Waals surface area contributed by atoms with Gasteiger partial charge in [-0.2, -0.15) is 4.57 Å². The fourth-order valence-corrected chi connectivity index (χ4v) is 11.4. The maximum Gasteiger partial charge on any atom is 0.330 e.